The lowest BCUT2D eigenvalue weighted by atomic mass is 9.61. The zero-order valence-corrected chi connectivity index (χ0v) is 43.2. The number of rotatable bonds is 36. The molecule has 2 bridgehead atoms. The van der Waals surface area contributed by atoms with Crippen molar-refractivity contribution in [2.24, 2.45) is 53.3 Å². The van der Waals surface area contributed by atoms with Crippen LogP contribution in [0.3, 0.4) is 0 Å². The molecule has 9 unspecified atom stereocenters. The zero-order chi connectivity index (χ0) is 47.1. The molecule has 7 heteroatoms. The fourth-order valence-corrected chi connectivity index (χ4v) is 14.0. The Morgan fingerprint density at radius 1 is 0.522 bits per heavy atom. The molecule has 4 aliphatic carbocycles. The average molecular weight is 931 g/mol. The van der Waals surface area contributed by atoms with Gasteiger partial charge >= 0.3 is 17.9 Å². The van der Waals surface area contributed by atoms with Crippen LogP contribution in [-0.2, 0) is 23.7 Å². The molecule has 4 saturated carbocycles. The van der Waals surface area contributed by atoms with Gasteiger partial charge in [0.1, 0.15) is 18.8 Å². The monoisotopic (exact) mass is 931 g/mol. The number of esters is 3. The summed E-state index contributed by atoms with van der Waals surface area (Å²) in [7, 11) is 0. The van der Waals surface area contributed by atoms with Gasteiger partial charge in [0.25, 0.3) is 0 Å². The van der Waals surface area contributed by atoms with Crippen molar-refractivity contribution in [3.63, 3.8) is 0 Å². The van der Waals surface area contributed by atoms with E-state index < -0.39 is 5.97 Å². The number of carbonyl (C=O) groups is 3. The molecule has 7 nitrogen and oxygen atoms in total. The average Bonchev–Trinajstić information content (AvgIpc) is 3.79. The summed E-state index contributed by atoms with van der Waals surface area (Å²) in [6.07, 6.45) is 45.0. The van der Waals surface area contributed by atoms with E-state index in [4.69, 9.17) is 18.9 Å². The van der Waals surface area contributed by atoms with Gasteiger partial charge in [-0.1, -0.05) is 181 Å². The molecule has 67 heavy (non-hydrogen) atoms. The topological polar surface area (TPSA) is 91.4 Å². The maximum Gasteiger partial charge on any atom is 0.338 e. The normalized spacial score (nSPS) is 28.4. The molecule has 380 valence electrons. The number of epoxide rings is 1. The number of unbranched alkanes of at least 4 members (excludes halogenated alkanes) is 19. The standard InChI is InChI=1S/C60H98O7/c1-4-7-10-13-15-19-23-29-46-36-35-45(28-22-18-14-11-8-5-2)53(32-24-12-9-6-3)54(46)33-25-20-16-17-21-26-34-58(61)65-42-50-38-49-39-55(50)57-41-51(40-56(49)57)67-60(63)48-31-27-30-47(37-48)59(62)66-44-52-43-64-52/h27,30-31,37,45-46,49-57H,4-26,28-29,32-36,38-44H2,1-3H3/t45?,46?,49?,50?,51?,52?,53?,54?,55?,56-,57+/m0/s1. The van der Waals surface area contributed by atoms with E-state index in [1.54, 1.807) is 24.3 Å². The SMILES string of the molecule is CCCCCCCCCC1CCC(CCCCCCCC)C(CCCCCC)C1CCCCCCCCC(=O)OCC1CC2CC1[C@H]1CC(OC(=O)c3cccc(C(=O)OCC4CO4)c3)C[C@@H]21. The van der Waals surface area contributed by atoms with Gasteiger partial charge in [-0.3, -0.25) is 4.79 Å². The third-order valence-corrected chi connectivity index (χ3v) is 17.8. The van der Waals surface area contributed by atoms with Crippen LogP contribution in [0.15, 0.2) is 24.3 Å². The second-order valence-corrected chi connectivity index (χ2v) is 22.7. The smallest absolute Gasteiger partial charge is 0.338 e. The number of benzene rings is 1. The number of fused-ring (bicyclic) bond motifs is 5. The molecule has 1 aromatic carbocycles. The third-order valence-electron chi connectivity index (χ3n) is 17.8. The lowest BCUT2D eigenvalue weighted by molar-refractivity contribution is -0.146. The van der Waals surface area contributed by atoms with Crippen molar-refractivity contribution in [1.82, 2.24) is 0 Å². The van der Waals surface area contributed by atoms with E-state index in [1.165, 1.54) is 180 Å². The first-order valence-electron chi connectivity index (χ1n) is 29.1. The molecule has 11 atom stereocenters. The fourth-order valence-electron chi connectivity index (χ4n) is 14.0. The summed E-state index contributed by atoms with van der Waals surface area (Å²) in [4.78, 5) is 38.6. The van der Waals surface area contributed by atoms with Gasteiger partial charge < -0.3 is 18.9 Å². The van der Waals surface area contributed by atoms with Gasteiger partial charge in [-0.2, -0.15) is 0 Å². The number of carbonyl (C=O) groups excluding carboxylic acids is 3. The summed E-state index contributed by atoms with van der Waals surface area (Å²) in [5, 5.41) is 0. The van der Waals surface area contributed by atoms with Gasteiger partial charge in [-0.15, -0.1) is 0 Å². The molecule has 1 aromatic rings. The molecule has 5 fully saturated rings. The summed E-state index contributed by atoms with van der Waals surface area (Å²) < 4.78 is 22.4. The molecule has 1 aliphatic heterocycles. The van der Waals surface area contributed by atoms with Crippen LogP contribution in [0.4, 0.5) is 0 Å². The third kappa shape index (κ3) is 18.1. The first-order chi connectivity index (χ1) is 32.9. The highest BCUT2D eigenvalue weighted by Gasteiger charge is 2.56. The zero-order valence-electron chi connectivity index (χ0n) is 43.2. The minimum absolute atomic E-state index is 0.00381. The Labute approximate surface area is 409 Å². The maximum absolute atomic E-state index is 13.2. The lowest BCUT2D eigenvalue weighted by Gasteiger charge is -2.44. The van der Waals surface area contributed by atoms with E-state index in [0.29, 0.717) is 60.4 Å². The van der Waals surface area contributed by atoms with E-state index in [2.05, 4.69) is 20.8 Å². The summed E-state index contributed by atoms with van der Waals surface area (Å²) in [5.74, 6) is 5.72. The van der Waals surface area contributed by atoms with Gasteiger partial charge in [-0.25, -0.2) is 9.59 Å². The van der Waals surface area contributed by atoms with E-state index in [9.17, 15) is 14.4 Å². The summed E-state index contributed by atoms with van der Waals surface area (Å²) in [6, 6.07) is 6.64. The van der Waals surface area contributed by atoms with Gasteiger partial charge in [0.2, 0.25) is 0 Å². The molecule has 0 amide bonds. The minimum Gasteiger partial charge on any atom is -0.465 e. The molecule has 0 radical (unpaired) electrons. The van der Waals surface area contributed by atoms with Crippen molar-refractivity contribution < 1.29 is 33.3 Å². The quantitative estimate of drug-likeness (QED) is 0.0286. The lowest BCUT2D eigenvalue weighted by Crippen LogP contribution is -2.35. The molecule has 1 saturated heterocycles. The molecule has 1 heterocycles. The summed E-state index contributed by atoms with van der Waals surface area (Å²) in [5.41, 5.74) is 0.732. The van der Waals surface area contributed by atoms with Gasteiger partial charge in [0.05, 0.1) is 24.3 Å². The van der Waals surface area contributed by atoms with Crippen LogP contribution in [0.2, 0.25) is 0 Å². The molecule has 5 aliphatic rings. The molecule has 0 N–H and O–H groups in total. The Bertz CT molecular complexity index is 1550. The number of ether oxygens (including phenoxy) is 4. The predicted molar refractivity (Wildman–Crippen MR) is 272 cm³/mol. The van der Waals surface area contributed by atoms with Crippen LogP contribution < -0.4 is 0 Å². The highest BCUT2D eigenvalue weighted by molar-refractivity contribution is 5.95. The van der Waals surface area contributed by atoms with Crippen molar-refractivity contribution in [2.45, 2.75) is 251 Å². The van der Waals surface area contributed by atoms with E-state index in [-0.39, 0.29) is 30.8 Å². The molecular weight excluding hydrogens is 833 g/mol. The predicted octanol–water partition coefficient (Wildman–Crippen LogP) is 16.2. The van der Waals surface area contributed by atoms with Crippen LogP contribution >= 0.6 is 0 Å². The molecular formula is C60H98O7. The van der Waals surface area contributed by atoms with E-state index in [1.807, 2.05) is 0 Å². The van der Waals surface area contributed by atoms with E-state index in [0.717, 1.165) is 55.8 Å². The van der Waals surface area contributed by atoms with Crippen LogP contribution in [0.25, 0.3) is 0 Å². The molecule has 0 aromatic heterocycles. The largest absolute Gasteiger partial charge is 0.465 e. The van der Waals surface area contributed by atoms with Crippen LogP contribution in [0, 0.1) is 53.3 Å². The van der Waals surface area contributed by atoms with Crippen LogP contribution in [0.5, 0.6) is 0 Å². The molecule has 6 rings (SSSR count). The van der Waals surface area contributed by atoms with Gasteiger partial charge in [-0.05, 0) is 129 Å². The van der Waals surface area contributed by atoms with Crippen molar-refractivity contribution in [3.8, 4) is 0 Å². The van der Waals surface area contributed by atoms with Crippen LogP contribution in [0.1, 0.15) is 260 Å². The maximum atomic E-state index is 13.2. The molecule has 0 spiro atoms. The van der Waals surface area contributed by atoms with E-state index >= 15 is 0 Å². The summed E-state index contributed by atoms with van der Waals surface area (Å²) in [6.45, 7) is 8.42. The van der Waals surface area contributed by atoms with Crippen molar-refractivity contribution in [2.75, 3.05) is 19.8 Å². The first-order valence-corrected chi connectivity index (χ1v) is 29.1. The van der Waals surface area contributed by atoms with Crippen molar-refractivity contribution in [1.29, 1.82) is 0 Å². The Hall–Kier alpha value is -2.41. The Kier molecular flexibility index (Phi) is 24.4. The van der Waals surface area contributed by atoms with Crippen molar-refractivity contribution in [3.05, 3.63) is 35.4 Å². The highest BCUT2D eigenvalue weighted by Crippen LogP contribution is 2.61. The van der Waals surface area contributed by atoms with Crippen LogP contribution in [-0.4, -0.2) is 49.9 Å². The minimum atomic E-state index is -0.450. The second kappa shape index (κ2) is 30.4. The number of hydrogen-bond donors (Lipinski definition) is 0. The van der Waals surface area contributed by atoms with Gasteiger partial charge in [0.15, 0.2) is 0 Å². The Balaban J connectivity index is 0.862. The Morgan fingerprint density at radius 3 is 1.61 bits per heavy atom. The van der Waals surface area contributed by atoms with Gasteiger partial charge in [0, 0.05) is 6.42 Å². The number of hydrogen-bond acceptors (Lipinski definition) is 7. The fraction of sp³-hybridized carbons (Fsp3) is 0.850. The first kappa shape index (κ1) is 53.9. The highest BCUT2D eigenvalue weighted by atomic mass is 16.6. The Morgan fingerprint density at radius 2 is 1.03 bits per heavy atom. The summed E-state index contributed by atoms with van der Waals surface area (Å²) >= 11 is 0. The van der Waals surface area contributed by atoms with Crippen molar-refractivity contribution >= 4 is 17.9 Å². The second-order valence-electron chi connectivity index (χ2n) is 22.7.